The van der Waals surface area contributed by atoms with Crippen LogP contribution in [-0.2, 0) is 22.6 Å². The topological polar surface area (TPSA) is 81.8 Å². The van der Waals surface area contributed by atoms with Crippen LogP contribution in [0.25, 0.3) is 10.8 Å². The van der Waals surface area contributed by atoms with E-state index in [2.05, 4.69) is 10.6 Å². The van der Waals surface area contributed by atoms with Gasteiger partial charge in [-0.15, -0.1) is 0 Å². The second kappa shape index (κ2) is 12.6. The number of rotatable bonds is 8. The largest absolute Gasteiger partial charge is 0.342 e. The number of benzene rings is 4. The van der Waals surface area contributed by atoms with Crippen molar-refractivity contribution in [3.63, 3.8) is 0 Å². The van der Waals surface area contributed by atoms with Crippen molar-refractivity contribution in [3.05, 3.63) is 114 Å². The maximum absolute atomic E-state index is 13.7. The fourth-order valence-electron chi connectivity index (χ4n) is 5.28. The number of nitrogens with zero attached hydrogens (tertiary/aromatic N) is 2. The van der Waals surface area contributed by atoms with E-state index in [1.54, 1.807) is 11.9 Å². The molecule has 7 nitrogen and oxygen atoms in total. The number of carbonyl (C=O) groups is 3. The van der Waals surface area contributed by atoms with Gasteiger partial charge in [0, 0.05) is 32.2 Å². The number of anilines is 1. The molecule has 0 aliphatic carbocycles. The molecule has 1 fully saturated rings. The van der Waals surface area contributed by atoms with Crippen molar-refractivity contribution >= 4 is 34.3 Å². The molecule has 0 radical (unpaired) electrons. The van der Waals surface area contributed by atoms with Gasteiger partial charge in [-0.3, -0.25) is 9.59 Å². The molecule has 4 amide bonds. The molecule has 5 rings (SSSR count). The average Bonchev–Trinajstić information content (AvgIpc) is 3.49. The molecule has 0 aromatic heterocycles. The molecular weight excluding hydrogens is 519 g/mol. The Hall–Kier alpha value is -4.72. The standard InChI is InChI=1S/C33H33FN4O3/c1-37(22-23-8-3-2-4-9-23)32(40)29(21-24-13-14-25-10-5-6-11-26(25)20-24)36-31(39)30-12-7-19-38(30)33(41)35-28-17-15-27(34)16-18-28/h2-6,8-11,13-18,20,29-30H,7,12,19,21-22H2,1H3,(H,35,41)(H,36,39)/t29-,30-/m0/s1. The molecule has 2 N–H and O–H groups in total. The van der Waals surface area contributed by atoms with E-state index in [9.17, 15) is 18.8 Å². The summed E-state index contributed by atoms with van der Waals surface area (Å²) in [5.74, 6) is -0.986. The number of carbonyl (C=O) groups excluding carboxylic acids is 3. The van der Waals surface area contributed by atoms with Gasteiger partial charge >= 0.3 is 6.03 Å². The first-order chi connectivity index (χ1) is 19.9. The first-order valence-electron chi connectivity index (χ1n) is 13.8. The van der Waals surface area contributed by atoms with Crippen molar-refractivity contribution in [2.75, 3.05) is 18.9 Å². The Morgan fingerprint density at radius 1 is 0.902 bits per heavy atom. The van der Waals surface area contributed by atoms with Crippen molar-refractivity contribution in [1.29, 1.82) is 0 Å². The summed E-state index contributed by atoms with van der Waals surface area (Å²) in [7, 11) is 1.73. The second-order valence-electron chi connectivity index (χ2n) is 10.4. The zero-order valence-electron chi connectivity index (χ0n) is 22.9. The minimum Gasteiger partial charge on any atom is -0.342 e. The molecule has 0 spiro atoms. The second-order valence-corrected chi connectivity index (χ2v) is 10.4. The van der Waals surface area contributed by atoms with E-state index in [0.717, 1.165) is 21.9 Å². The first-order valence-corrected chi connectivity index (χ1v) is 13.8. The highest BCUT2D eigenvalue weighted by atomic mass is 19.1. The lowest BCUT2D eigenvalue weighted by Gasteiger charge is -2.29. The minimum absolute atomic E-state index is 0.212. The number of amides is 4. The van der Waals surface area contributed by atoms with Crippen LogP contribution in [0.1, 0.15) is 24.0 Å². The normalized spacial score (nSPS) is 15.4. The lowest BCUT2D eigenvalue weighted by atomic mass is 10.00. The van der Waals surface area contributed by atoms with Crippen LogP contribution in [-0.4, -0.2) is 53.3 Å². The van der Waals surface area contributed by atoms with Crippen molar-refractivity contribution in [3.8, 4) is 0 Å². The molecule has 4 aromatic rings. The van der Waals surface area contributed by atoms with E-state index >= 15 is 0 Å². The average molecular weight is 553 g/mol. The lowest BCUT2D eigenvalue weighted by Crippen LogP contribution is -2.54. The van der Waals surface area contributed by atoms with Crippen LogP contribution in [0.3, 0.4) is 0 Å². The molecule has 1 aliphatic rings. The molecule has 1 saturated heterocycles. The molecule has 0 saturated carbocycles. The number of likely N-dealkylation sites (tertiary alicyclic amines) is 1. The number of nitrogens with one attached hydrogen (secondary N) is 2. The summed E-state index contributed by atoms with van der Waals surface area (Å²) >= 11 is 0. The highest BCUT2D eigenvalue weighted by Crippen LogP contribution is 2.21. The van der Waals surface area contributed by atoms with E-state index in [0.29, 0.717) is 38.0 Å². The Labute approximate surface area is 239 Å². The maximum Gasteiger partial charge on any atom is 0.322 e. The van der Waals surface area contributed by atoms with Crippen molar-refractivity contribution in [1.82, 2.24) is 15.1 Å². The Morgan fingerprint density at radius 2 is 1.61 bits per heavy atom. The number of likely N-dealkylation sites (N-methyl/N-ethyl adjacent to an activating group) is 1. The third kappa shape index (κ3) is 6.90. The molecule has 8 heteroatoms. The van der Waals surface area contributed by atoms with Crippen molar-refractivity contribution in [2.24, 2.45) is 0 Å². The van der Waals surface area contributed by atoms with Crippen molar-refractivity contribution in [2.45, 2.75) is 37.9 Å². The highest BCUT2D eigenvalue weighted by molar-refractivity contribution is 5.96. The van der Waals surface area contributed by atoms with Crippen LogP contribution in [0.4, 0.5) is 14.9 Å². The van der Waals surface area contributed by atoms with Gasteiger partial charge in [0.15, 0.2) is 0 Å². The van der Waals surface area contributed by atoms with Gasteiger partial charge in [0.05, 0.1) is 0 Å². The highest BCUT2D eigenvalue weighted by Gasteiger charge is 2.36. The number of hydrogen-bond acceptors (Lipinski definition) is 3. The van der Waals surface area contributed by atoms with Crippen LogP contribution in [0.2, 0.25) is 0 Å². The summed E-state index contributed by atoms with van der Waals surface area (Å²) in [6.07, 6.45) is 1.45. The molecule has 41 heavy (non-hydrogen) atoms. The van der Waals surface area contributed by atoms with E-state index in [1.165, 1.54) is 29.2 Å². The Bertz CT molecular complexity index is 1530. The van der Waals surface area contributed by atoms with Gasteiger partial charge in [-0.2, -0.15) is 0 Å². The van der Waals surface area contributed by atoms with Crippen LogP contribution >= 0.6 is 0 Å². The van der Waals surface area contributed by atoms with Gasteiger partial charge in [0.25, 0.3) is 0 Å². The molecule has 2 atom stereocenters. The molecule has 1 heterocycles. The monoisotopic (exact) mass is 552 g/mol. The zero-order valence-corrected chi connectivity index (χ0v) is 22.9. The molecule has 210 valence electrons. The van der Waals surface area contributed by atoms with Gasteiger partial charge in [0.1, 0.15) is 17.9 Å². The molecule has 1 aliphatic heterocycles. The third-order valence-electron chi connectivity index (χ3n) is 7.42. The summed E-state index contributed by atoms with van der Waals surface area (Å²) in [5.41, 5.74) is 2.35. The lowest BCUT2D eigenvalue weighted by molar-refractivity contribution is -0.136. The SMILES string of the molecule is CN(Cc1ccccc1)C(=O)[C@H](Cc1ccc2ccccc2c1)NC(=O)[C@@H]1CCCN1C(=O)Nc1ccc(F)cc1. The summed E-state index contributed by atoms with van der Waals surface area (Å²) in [6.45, 7) is 0.807. The van der Waals surface area contributed by atoms with Crippen LogP contribution in [0.5, 0.6) is 0 Å². The fourth-order valence-corrected chi connectivity index (χ4v) is 5.28. The van der Waals surface area contributed by atoms with Gasteiger partial charge < -0.3 is 20.4 Å². The number of fused-ring (bicyclic) bond motifs is 1. The molecule has 4 aromatic carbocycles. The van der Waals surface area contributed by atoms with Gasteiger partial charge in [0.2, 0.25) is 11.8 Å². The quantitative estimate of drug-likeness (QED) is 0.309. The number of hydrogen-bond donors (Lipinski definition) is 2. The van der Waals surface area contributed by atoms with Gasteiger partial charge in [-0.1, -0.05) is 72.8 Å². The van der Waals surface area contributed by atoms with Crippen LogP contribution in [0.15, 0.2) is 97.1 Å². The van der Waals surface area contributed by atoms with E-state index in [-0.39, 0.29) is 11.8 Å². The van der Waals surface area contributed by atoms with Crippen LogP contribution in [0, 0.1) is 5.82 Å². The maximum atomic E-state index is 13.7. The Balaban J connectivity index is 1.33. The summed E-state index contributed by atoms with van der Waals surface area (Å²) in [4.78, 5) is 43.5. The predicted octanol–water partition coefficient (Wildman–Crippen LogP) is 5.36. The van der Waals surface area contributed by atoms with Crippen LogP contribution < -0.4 is 10.6 Å². The first kappa shape index (κ1) is 27.8. The van der Waals surface area contributed by atoms with E-state index in [4.69, 9.17) is 0 Å². The summed E-state index contributed by atoms with van der Waals surface area (Å²) < 4.78 is 13.3. The number of halogens is 1. The summed E-state index contributed by atoms with van der Waals surface area (Å²) in [6, 6.07) is 27.2. The molecule has 0 bridgehead atoms. The smallest absolute Gasteiger partial charge is 0.322 e. The Kier molecular flexibility index (Phi) is 8.58. The third-order valence-corrected chi connectivity index (χ3v) is 7.42. The fraction of sp³-hybridized carbons (Fsp3) is 0.242. The molecule has 0 unspecified atom stereocenters. The van der Waals surface area contributed by atoms with Crippen molar-refractivity contribution < 1.29 is 18.8 Å². The molecular formula is C33H33FN4O3. The zero-order chi connectivity index (χ0) is 28.8. The summed E-state index contributed by atoms with van der Waals surface area (Å²) in [5, 5.41) is 7.87. The number of urea groups is 1. The van der Waals surface area contributed by atoms with Gasteiger partial charge in [-0.05, 0) is 59.0 Å². The van der Waals surface area contributed by atoms with E-state index in [1.807, 2.05) is 72.8 Å². The predicted molar refractivity (Wildman–Crippen MR) is 158 cm³/mol. The van der Waals surface area contributed by atoms with Gasteiger partial charge in [-0.25, -0.2) is 9.18 Å². The Morgan fingerprint density at radius 3 is 2.37 bits per heavy atom. The van der Waals surface area contributed by atoms with E-state index < -0.39 is 23.9 Å². The minimum atomic E-state index is -0.819.